The van der Waals surface area contributed by atoms with E-state index in [0.29, 0.717) is 64.2 Å². The summed E-state index contributed by atoms with van der Waals surface area (Å²) in [5.41, 5.74) is 11.1. The lowest BCUT2D eigenvalue weighted by molar-refractivity contribution is -0.128. The first-order valence-corrected chi connectivity index (χ1v) is 15.7. The van der Waals surface area contributed by atoms with Crippen LogP contribution in [-0.4, -0.2) is 42.2 Å². The fraction of sp³-hybridized carbons (Fsp3) is 0.257. The first kappa shape index (κ1) is 32.9. The second-order valence-electron chi connectivity index (χ2n) is 10.8. The number of aryl methyl sites for hydroxylation is 1. The molecule has 4 aromatic rings. The average molecular weight is 659 g/mol. The van der Waals surface area contributed by atoms with Crippen LogP contribution in [0.3, 0.4) is 0 Å². The number of halogens is 2. The van der Waals surface area contributed by atoms with Crippen LogP contribution in [0.1, 0.15) is 41.2 Å². The molecule has 0 fully saturated rings. The number of ether oxygens (including phenoxy) is 2. The lowest BCUT2D eigenvalue weighted by Crippen LogP contribution is -2.50. The molecule has 1 amide bonds. The molecule has 0 spiro atoms. The van der Waals surface area contributed by atoms with Crippen molar-refractivity contribution in [1.29, 1.82) is 0 Å². The van der Waals surface area contributed by atoms with Crippen LogP contribution in [0.25, 0.3) is 10.4 Å². The van der Waals surface area contributed by atoms with Gasteiger partial charge in [-0.3, -0.25) is 4.79 Å². The SMILES string of the molecule is [N-]=[N+]=Nc1ccccc1C[C@@]1(C(=O)NCCCc2ccccc2)N=C(c2ccc(OCCCO)cc2)O[C@@H]1c1ccc(Cl)cc1Cl. The number of nitrogens with zero attached hydrogens (tertiary/aromatic N) is 4. The third-order valence-electron chi connectivity index (χ3n) is 7.65. The van der Waals surface area contributed by atoms with Gasteiger partial charge in [-0.2, -0.15) is 0 Å². The second-order valence-corrected chi connectivity index (χ2v) is 11.6. The fourth-order valence-electron chi connectivity index (χ4n) is 5.36. The Morgan fingerprint density at radius 2 is 1.78 bits per heavy atom. The van der Waals surface area contributed by atoms with Gasteiger partial charge in [0.25, 0.3) is 5.91 Å². The van der Waals surface area contributed by atoms with Crippen molar-refractivity contribution >= 4 is 40.7 Å². The van der Waals surface area contributed by atoms with Crippen LogP contribution in [-0.2, 0) is 22.4 Å². The van der Waals surface area contributed by atoms with Crippen LogP contribution in [0.2, 0.25) is 10.0 Å². The number of aliphatic hydroxyl groups excluding tert-OH is 1. The third kappa shape index (κ3) is 7.81. The molecule has 2 N–H and O–H groups in total. The summed E-state index contributed by atoms with van der Waals surface area (Å²) in [6, 6.07) is 29.3. The molecule has 9 nitrogen and oxygen atoms in total. The molecule has 5 rings (SSSR count). The standard InChI is InChI=1S/C35H33Cl2N5O4/c36-27-15-18-29(30(37)22-27)32-35(23-26-11-4-5-12-31(26)41-42-38,34(44)39-19-6-10-24-8-2-1-3-9-24)40-33(46-32)25-13-16-28(17-14-25)45-21-7-20-43/h1-5,8-9,11-18,22,32,43H,6-7,10,19-21,23H2,(H,39,44)/t32-,35-/m1/s1. The minimum absolute atomic E-state index is 0.0383. The fourth-order valence-corrected chi connectivity index (χ4v) is 5.87. The number of amides is 1. The summed E-state index contributed by atoms with van der Waals surface area (Å²) in [5.74, 6) is 0.517. The number of aliphatic imine (C=N–C) groups is 1. The van der Waals surface area contributed by atoms with Gasteiger partial charge in [-0.1, -0.05) is 89.0 Å². The van der Waals surface area contributed by atoms with Gasteiger partial charge in [0.05, 0.1) is 6.61 Å². The Bertz CT molecular complexity index is 1730. The smallest absolute Gasteiger partial charge is 0.252 e. The Morgan fingerprint density at radius 1 is 1.02 bits per heavy atom. The summed E-state index contributed by atoms with van der Waals surface area (Å²) in [6.07, 6.45) is 1.13. The van der Waals surface area contributed by atoms with Gasteiger partial charge < -0.3 is 19.9 Å². The highest BCUT2D eigenvalue weighted by Gasteiger charge is 2.54. The van der Waals surface area contributed by atoms with E-state index >= 15 is 0 Å². The number of carbonyl (C=O) groups is 1. The molecule has 0 bridgehead atoms. The number of hydrogen-bond acceptors (Lipinski definition) is 6. The van der Waals surface area contributed by atoms with Crippen LogP contribution in [0, 0.1) is 0 Å². The number of aliphatic hydroxyl groups is 1. The van der Waals surface area contributed by atoms with E-state index in [2.05, 4.69) is 27.5 Å². The van der Waals surface area contributed by atoms with Crippen LogP contribution >= 0.6 is 23.2 Å². The van der Waals surface area contributed by atoms with E-state index in [1.54, 1.807) is 60.7 Å². The Kier molecular flexibility index (Phi) is 11.2. The highest BCUT2D eigenvalue weighted by atomic mass is 35.5. The summed E-state index contributed by atoms with van der Waals surface area (Å²) in [5, 5.41) is 16.8. The molecular weight excluding hydrogens is 625 g/mol. The van der Waals surface area contributed by atoms with Gasteiger partial charge in [0.1, 0.15) is 5.75 Å². The Balaban J connectivity index is 1.55. The normalized spacial score (nSPS) is 17.0. The molecule has 0 aromatic heterocycles. The zero-order chi connectivity index (χ0) is 32.4. The quantitative estimate of drug-likeness (QED) is 0.0617. The lowest BCUT2D eigenvalue weighted by atomic mass is 9.81. The van der Waals surface area contributed by atoms with Crippen molar-refractivity contribution in [3.63, 3.8) is 0 Å². The maximum absolute atomic E-state index is 14.5. The minimum Gasteiger partial charge on any atom is -0.494 e. The minimum atomic E-state index is -1.53. The predicted molar refractivity (Wildman–Crippen MR) is 180 cm³/mol. The maximum atomic E-state index is 14.5. The van der Waals surface area contributed by atoms with Gasteiger partial charge in [-0.05, 0) is 65.9 Å². The lowest BCUT2D eigenvalue weighted by Gasteiger charge is -2.31. The van der Waals surface area contributed by atoms with Crippen LogP contribution in [0.5, 0.6) is 5.75 Å². The molecule has 236 valence electrons. The van der Waals surface area contributed by atoms with Gasteiger partial charge in [-0.15, -0.1) is 0 Å². The van der Waals surface area contributed by atoms with Crippen molar-refractivity contribution in [3.8, 4) is 5.75 Å². The Labute approximate surface area is 277 Å². The molecule has 1 aliphatic rings. The molecule has 4 aromatic carbocycles. The van der Waals surface area contributed by atoms with Crippen molar-refractivity contribution in [2.45, 2.75) is 37.3 Å². The summed E-state index contributed by atoms with van der Waals surface area (Å²) >= 11 is 13.0. The maximum Gasteiger partial charge on any atom is 0.252 e. The van der Waals surface area contributed by atoms with Gasteiger partial charge in [0.2, 0.25) is 5.90 Å². The summed E-state index contributed by atoms with van der Waals surface area (Å²) in [6.45, 7) is 0.818. The van der Waals surface area contributed by atoms with E-state index in [9.17, 15) is 10.3 Å². The number of rotatable bonds is 14. The monoisotopic (exact) mass is 657 g/mol. The van der Waals surface area contributed by atoms with Gasteiger partial charge >= 0.3 is 0 Å². The zero-order valence-corrected chi connectivity index (χ0v) is 26.5. The molecule has 0 saturated carbocycles. The Morgan fingerprint density at radius 3 is 2.52 bits per heavy atom. The molecule has 11 heteroatoms. The molecule has 0 saturated heterocycles. The van der Waals surface area contributed by atoms with Gasteiger partial charge in [0.15, 0.2) is 11.6 Å². The second kappa shape index (κ2) is 15.7. The molecule has 0 aliphatic carbocycles. The van der Waals surface area contributed by atoms with Gasteiger partial charge in [0, 0.05) is 57.8 Å². The van der Waals surface area contributed by atoms with Crippen molar-refractivity contribution < 1.29 is 19.4 Å². The first-order chi connectivity index (χ1) is 22.4. The van der Waals surface area contributed by atoms with Crippen molar-refractivity contribution in [1.82, 2.24) is 5.32 Å². The highest BCUT2D eigenvalue weighted by Crippen LogP contribution is 2.46. The number of hydrogen-bond donors (Lipinski definition) is 2. The molecule has 0 radical (unpaired) electrons. The van der Waals surface area contributed by atoms with E-state index in [0.717, 1.165) is 6.42 Å². The molecule has 2 atom stereocenters. The zero-order valence-electron chi connectivity index (χ0n) is 25.0. The number of benzene rings is 4. The van der Waals surface area contributed by atoms with Crippen molar-refractivity contribution in [2.24, 2.45) is 10.1 Å². The van der Waals surface area contributed by atoms with Crippen LogP contribution in [0.15, 0.2) is 107 Å². The van der Waals surface area contributed by atoms with Gasteiger partial charge in [-0.25, -0.2) is 4.99 Å². The number of azide groups is 1. The molecule has 1 aliphatic heterocycles. The van der Waals surface area contributed by atoms with Crippen LogP contribution in [0.4, 0.5) is 5.69 Å². The van der Waals surface area contributed by atoms with E-state index < -0.39 is 11.6 Å². The molecule has 1 heterocycles. The average Bonchev–Trinajstić information content (AvgIpc) is 3.45. The van der Waals surface area contributed by atoms with E-state index in [1.165, 1.54) is 5.56 Å². The van der Waals surface area contributed by atoms with E-state index in [-0.39, 0.29) is 24.8 Å². The highest BCUT2D eigenvalue weighted by molar-refractivity contribution is 6.35. The van der Waals surface area contributed by atoms with E-state index in [1.807, 2.05) is 24.3 Å². The largest absolute Gasteiger partial charge is 0.494 e. The van der Waals surface area contributed by atoms with Crippen molar-refractivity contribution in [2.75, 3.05) is 19.8 Å². The summed E-state index contributed by atoms with van der Waals surface area (Å²) in [7, 11) is 0. The first-order valence-electron chi connectivity index (χ1n) is 14.9. The number of nitrogens with one attached hydrogen (secondary N) is 1. The molecule has 0 unspecified atom stereocenters. The van der Waals surface area contributed by atoms with E-state index in [4.69, 9.17) is 42.8 Å². The molecular formula is C35H33Cl2N5O4. The summed E-state index contributed by atoms with van der Waals surface area (Å²) in [4.78, 5) is 22.5. The topological polar surface area (TPSA) is 129 Å². The Hall–Kier alpha value is -4.53. The van der Waals surface area contributed by atoms with Crippen molar-refractivity contribution in [3.05, 3.63) is 140 Å². The third-order valence-corrected chi connectivity index (χ3v) is 8.21. The molecule has 46 heavy (non-hydrogen) atoms. The predicted octanol–water partition coefficient (Wildman–Crippen LogP) is 7.95. The summed E-state index contributed by atoms with van der Waals surface area (Å²) < 4.78 is 12.2. The number of carbonyl (C=O) groups excluding carboxylic acids is 1. The van der Waals surface area contributed by atoms with Crippen LogP contribution < -0.4 is 10.1 Å².